The van der Waals surface area contributed by atoms with E-state index in [1.54, 1.807) is 60.7 Å². The number of carbonyl (C=O) groups excluding carboxylic acids is 4. The van der Waals surface area contributed by atoms with Crippen LogP contribution in [0.2, 0.25) is 0 Å². The molecule has 29 heavy (non-hydrogen) atoms. The van der Waals surface area contributed by atoms with Gasteiger partial charge in [0.25, 0.3) is 0 Å². The van der Waals surface area contributed by atoms with Crippen LogP contribution < -0.4 is 5.73 Å². The maximum atomic E-state index is 12.0. The van der Waals surface area contributed by atoms with Gasteiger partial charge in [-0.1, -0.05) is 60.7 Å². The molecule has 7 heteroatoms. The van der Waals surface area contributed by atoms with Gasteiger partial charge >= 0.3 is 0 Å². The van der Waals surface area contributed by atoms with Gasteiger partial charge in [0.05, 0.1) is 12.8 Å². The first-order valence-corrected chi connectivity index (χ1v) is 8.50. The third kappa shape index (κ3) is 7.69. The fourth-order valence-electron chi connectivity index (χ4n) is 2.37. The molecule has 0 aliphatic rings. The number of ketones is 4. The second-order valence-corrected chi connectivity index (χ2v) is 6.02. The summed E-state index contributed by atoms with van der Waals surface area (Å²) in [6.07, 6.45) is 1.06. The molecule has 0 aliphatic heterocycles. The predicted molar refractivity (Wildman–Crippen MR) is 105 cm³/mol. The Hall–Kier alpha value is -3.29. The van der Waals surface area contributed by atoms with Gasteiger partial charge in [-0.15, -0.1) is 5.70 Å². The van der Waals surface area contributed by atoms with Gasteiger partial charge in [-0.25, -0.2) is 0 Å². The topological polar surface area (TPSA) is 118 Å². The van der Waals surface area contributed by atoms with E-state index in [9.17, 15) is 19.2 Å². The zero-order valence-electron chi connectivity index (χ0n) is 15.4. The van der Waals surface area contributed by atoms with Crippen LogP contribution in [0.5, 0.6) is 0 Å². The van der Waals surface area contributed by atoms with Crippen molar-refractivity contribution in [1.29, 1.82) is 0 Å². The van der Waals surface area contributed by atoms with E-state index in [2.05, 4.69) is 0 Å². The monoisotopic (exact) mass is 434 g/mol. The molecule has 0 aliphatic carbocycles. The maximum Gasteiger partial charge on any atom is 0.170 e. The molecule has 151 valence electrons. The molecule has 3 N–H and O–H groups in total. The van der Waals surface area contributed by atoms with Gasteiger partial charge in [0.1, 0.15) is 0 Å². The van der Waals surface area contributed by atoms with E-state index in [4.69, 9.17) is 11.5 Å². The van der Waals surface area contributed by atoms with Gasteiger partial charge < -0.3 is 11.5 Å². The summed E-state index contributed by atoms with van der Waals surface area (Å²) in [5.74, 6) is -1.91. The summed E-state index contributed by atoms with van der Waals surface area (Å²) in [5.41, 5.74) is 13.6. The van der Waals surface area contributed by atoms with Crippen molar-refractivity contribution in [2.24, 2.45) is 5.73 Å². The normalized spacial score (nSPS) is 11.3. The van der Waals surface area contributed by atoms with Crippen LogP contribution in [0, 0.1) is 0 Å². The Morgan fingerprint density at radius 1 is 0.724 bits per heavy atom. The van der Waals surface area contributed by atoms with Gasteiger partial charge in [0.15, 0.2) is 23.1 Å². The van der Waals surface area contributed by atoms with Crippen molar-refractivity contribution >= 4 is 23.1 Å². The van der Waals surface area contributed by atoms with Crippen LogP contribution in [0.4, 0.5) is 0 Å². The smallest absolute Gasteiger partial charge is 0.170 e. The van der Waals surface area contributed by atoms with Gasteiger partial charge in [-0.05, 0) is 6.08 Å². The van der Waals surface area contributed by atoms with E-state index in [0.29, 0.717) is 11.1 Å². The Labute approximate surface area is 178 Å². The van der Waals surface area contributed by atoms with Crippen molar-refractivity contribution in [2.45, 2.75) is 12.8 Å². The van der Waals surface area contributed by atoms with Crippen LogP contribution in [0.15, 0.2) is 84.2 Å². The summed E-state index contributed by atoms with van der Waals surface area (Å²) in [6, 6.07) is 16.7. The van der Waals surface area contributed by atoms with E-state index in [0.717, 1.165) is 12.2 Å². The number of nitrogens with two attached hydrogens (primary N) is 1. The quantitative estimate of drug-likeness (QED) is 0.281. The molecule has 0 atom stereocenters. The molecule has 0 saturated heterocycles. The van der Waals surface area contributed by atoms with E-state index < -0.39 is 24.4 Å². The molecule has 0 saturated carbocycles. The van der Waals surface area contributed by atoms with Crippen molar-refractivity contribution in [3.05, 3.63) is 101 Å². The van der Waals surface area contributed by atoms with Crippen molar-refractivity contribution < 1.29 is 36.0 Å². The standard InChI is InChI=1S/C22H20N2O4.Co/c23-19(11-17(25)13-21(27)15-7-3-1-4-8-15)20(24)12-18(26)14-22(28)16-9-5-2-6-10-16;/h1-12H,13-14H2,(H4,23,24,25,26);/p-1. The summed E-state index contributed by atoms with van der Waals surface area (Å²) in [7, 11) is 0. The molecule has 0 bridgehead atoms. The number of rotatable bonds is 9. The molecule has 0 aromatic heterocycles. The maximum absolute atomic E-state index is 12.0. The number of Topliss-reactive ketones (excluding diaryl/α,β-unsaturated/α-hetero) is 2. The van der Waals surface area contributed by atoms with Crippen molar-refractivity contribution in [3.8, 4) is 0 Å². The second-order valence-electron chi connectivity index (χ2n) is 6.02. The first-order valence-electron chi connectivity index (χ1n) is 8.50. The van der Waals surface area contributed by atoms with E-state index in [1.807, 2.05) is 0 Å². The fourth-order valence-corrected chi connectivity index (χ4v) is 2.37. The predicted octanol–water partition coefficient (Wildman–Crippen LogP) is 3.45. The molecule has 0 spiro atoms. The zero-order chi connectivity index (χ0) is 20.5. The van der Waals surface area contributed by atoms with E-state index in [1.165, 1.54) is 0 Å². The molecule has 2 aromatic carbocycles. The number of nitrogens with one attached hydrogen (secondary N) is 1. The van der Waals surface area contributed by atoms with Crippen LogP contribution in [-0.4, -0.2) is 23.1 Å². The summed E-state index contributed by atoms with van der Waals surface area (Å²) >= 11 is 0. The van der Waals surface area contributed by atoms with Gasteiger partial charge in [-0.2, -0.15) is 0 Å². The molecule has 1 radical (unpaired) electrons. The Kier molecular flexibility index (Phi) is 9.44. The SMILES string of the molecule is [Co].[NH-]C(=CC(=O)CC(=O)c1ccccc1)C(N)=CC(=O)CC(=O)c1ccccc1. The molecular weight excluding hydrogens is 415 g/mol. The molecule has 0 amide bonds. The number of carbonyl (C=O) groups is 4. The minimum atomic E-state index is -0.594. The fraction of sp³-hybridized carbons (Fsp3) is 0.0909. The molecular formula is C22H19CoN2O4-. The van der Waals surface area contributed by atoms with Gasteiger partial charge in [0, 0.05) is 39.7 Å². The summed E-state index contributed by atoms with van der Waals surface area (Å²) < 4.78 is 0. The third-order valence-electron chi connectivity index (χ3n) is 3.79. The van der Waals surface area contributed by atoms with E-state index >= 15 is 0 Å². The number of allylic oxidation sites excluding steroid dienone is 2. The number of hydrogen-bond donors (Lipinski definition) is 1. The van der Waals surface area contributed by atoms with Crippen LogP contribution in [0.1, 0.15) is 33.6 Å². The minimum Gasteiger partial charge on any atom is -0.697 e. The Morgan fingerprint density at radius 2 is 1.10 bits per heavy atom. The van der Waals surface area contributed by atoms with E-state index in [-0.39, 0.29) is 39.7 Å². The first kappa shape index (κ1) is 23.7. The minimum absolute atomic E-state index is 0. The summed E-state index contributed by atoms with van der Waals surface area (Å²) in [4.78, 5) is 47.9. The Bertz CT molecular complexity index is 872. The summed E-state index contributed by atoms with van der Waals surface area (Å²) in [5, 5.41) is 0. The average molecular weight is 434 g/mol. The van der Waals surface area contributed by atoms with Crippen molar-refractivity contribution in [2.75, 3.05) is 0 Å². The van der Waals surface area contributed by atoms with Crippen LogP contribution in [-0.2, 0) is 26.4 Å². The number of hydrogen-bond acceptors (Lipinski definition) is 5. The largest absolute Gasteiger partial charge is 0.697 e. The molecule has 6 nitrogen and oxygen atoms in total. The summed E-state index contributed by atoms with van der Waals surface area (Å²) in [6.45, 7) is 0. The van der Waals surface area contributed by atoms with Crippen molar-refractivity contribution in [1.82, 2.24) is 0 Å². The van der Waals surface area contributed by atoms with Crippen LogP contribution in [0.3, 0.4) is 0 Å². The molecule has 2 rings (SSSR count). The number of benzene rings is 2. The molecule has 0 unspecified atom stereocenters. The third-order valence-corrected chi connectivity index (χ3v) is 3.79. The Balaban J connectivity index is 0.00000420. The average Bonchev–Trinajstić information content (AvgIpc) is 2.68. The van der Waals surface area contributed by atoms with Crippen LogP contribution in [0.25, 0.3) is 5.73 Å². The first-order chi connectivity index (χ1) is 13.4. The van der Waals surface area contributed by atoms with Gasteiger partial charge in [-0.3, -0.25) is 19.2 Å². The molecule has 2 aromatic rings. The molecule has 0 heterocycles. The van der Waals surface area contributed by atoms with Gasteiger partial charge in [0.2, 0.25) is 0 Å². The molecule has 0 fully saturated rings. The van der Waals surface area contributed by atoms with Crippen LogP contribution >= 0.6 is 0 Å². The second kappa shape index (κ2) is 11.5. The Morgan fingerprint density at radius 3 is 1.52 bits per heavy atom. The van der Waals surface area contributed by atoms with Crippen molar-refractivity contribution in [3.63, 3.8) is 0 Å². The zero-order valence-corrected chi connectivity index (χ0v) is 16.4.